The number of hydrogen-bond acceptors (Lipinski definition) is 5. The first-order valence-corrected chi connectivity index (χ1v) is 19.7. The SMILES string of the molecule is CS1(C)c2ccccc2N(c2ncc(-c3cccc(-c4ccccc4)c3)cc2-c2nc(-c3ccccc3)nc(-c3ccccc3)n2)c2ccccc21. The van der Waals surface area contributed by atoms with Crippen LogP contribution in [-0.2, 0) is 0 Å². The summed E-state index contributed by atoms with van der Waals surface area (Å²) in [6.07, 6.45) is 6.74. The summed E-state index contributed by atoms with van der Waals surface area (Å²) in [7, 11) is -1.30. The van der Waals surface area contributed by atoms with E-state index in [-0.39, 0.29) is 0 Å². The first-order valence-electron chi connectivity index (χ1n) is 17.3. The number of anilines is 3. The molecule has 6 aromatic carbocycles. The van der Waals surface area contributed by atoms with Gasteiger partial charge in [-0.2, -0.15) is 10.0 Å². The van der Waals surface area contributed by atoms with Crippen LogP contribution in [0.4, 0.5) is 17.2 Å². The maximum Gasteiger partial charge on any atom is 0.167 e. The summed E-state index contributed by atoms with van der Waals surface area (Å²) >= 11 is 0. The first kappa shape index (κ1) is 31.6. The number of aromatic nitrogens is 4. The second-order valence-corrected chi connectivity index (χ2v) is 16.7. The molecule has 0 unspecified atom stereocenters. The lowest BCUT2D eigenvalue weighted by Gasteiger charge is -2.44. The van der Waals surface area contributed by atoms with Gasteiger partial charge in [0.1, 0.15) is 5.82 Å². The fraction of sp³-hybridized carbons (Fsp3) is 0.0435. The molecule has 5 nitrogen and oxygen atoms in total. The van der Waals surface area contributed by atoms with E-state index in [1.54, 1.807) is 0 Å². The maximum atomic E-state index is 5.34. The van der Waals surface area contributed by atoms with Crippen molar-refractivity contribution in [1.82, 2.24) is 19.9 Å². The Morgan fingerprint density at radius 1 is 0.404 bits per heavy atom. The number of pyridine rings is 1. The zero-order chi connectivity index (χ0) is 35.1. The molecule has 52 heavy (non-hydrogen) atoms. The third-order valence-electron chi connectivity index (χ3n) is 9.63. The molecule has 0 amide bonds. The van der Waals surface area contributed by atoms with Gasteiger partial charge in [0.05, 0.1) is 16.9 Å². The van der Waals surface area contributed by atoms with E-state index in [1.165, 1.54) is 15.4 Å². The van der Waals surface area contributed by atoms with Crippen LogP contribution >= 0.6 is 10.0 Å². The molecule has 1 aliphatic heterocycles. The lowest BCUT2D eigenvalue weighted by atomic mass is 9.99. The molecule has 0 fully saturated rings. The Hall–Kier alpha value is -6.37. The van der Waals surface area contributed by atoms with Crippen LogP contribution in [0.1, 0.15) is 0 Å². The summed E-state index contributed by atoms with van der Waals surface area (Å²) in [5.74, 6) is 2.54. The third-order valence-corrected chi connectivity index (χ3v) is 12.5. The van der Waals surface area contributed by atoms with Crippen molar-refractivity contribution in [2.45, 2.75) is 9.79 Å². The van der Waals surface area contributed by atoms with Gasteiger partial charge in [-0.05, 0) is 65.6 Å². The molecule has 0 spiro atoms. The summed E-state index contributed by atoms with van der Waals surface area (Å²) in [5, 5.41) is 0. The second kappa shape index (κ2) is 13.1. The standard InChI is InChI=1S/C46H35N5S/c1-52(2)41-27-14-12-25-39(41)51(40-26-13-15-28-42(40)52)46-38(30-37(31-47-46)36-24-16-23-35(29-36)32-17-6-3-7-18-32)45-49-43(33-19-8-4-9-20-33)48-44(50-45)34-21-10-5-11-22-34/h3-31H,1-2H3. The van der Waals surface area contributed by atoms with Crippen LogP contribution < -0.4 is 4.90 Å². The summed E-state index contributed by atoms with van der Waals surface area (Å²) in [5.41, 5.74) is 9.25. The highest BCUT2D eigenvalue weighted by molar-refractivity contribution is 8.33. The number of benzene rings is 6. The Morgan fingerprint density at radius 2 is 0.846 bits per heavy atom. The van der Waals surface area contributed by atoms with Crippen molar-refractivity contribution in [2.75, 3.05) is 17.4 Å². The molecule has 0 saturated heterocycles. The van der Waals surface area contributed by atoms with Gasteiger partial charge >= 0.3 is 0 Å². The average Bonchev–Trinajstić information content (AvgIpc) is 3.22. The average molecular weight is 690 g/mol. The van der Waals surface area contributed by atoms with Crippen molar-refractivity contribution in [3.05, 3.63) is 176 Å². The van der Waals surface area contributed by atoms with E-state index in [0.717, 1.165) is 50.6 Å². The Kier molecular flexibility index (Phi) is 7.94. The minimum Gasteiger partial charge on any atom is -0.292 e. The molecule has 2 aromatic heterocycles. The van der Waals surface area contributed by atoms with Crippen LogP contribution in [0.5, 0.6) is 0 Å². The van der Waals surface area contributed by atoms with Crippen molar-refractivity contribution in [1.29, 1.82) is 0 Å². The van der Waals surface area contributed by atoms with Gasteiger partial charge in [-0.15, -0.1) is 0 Å². The fourth-order valence-electron chi connectivity index (χ4n) is 7.02. The van der Waals surface area contributed by atoms with Crippen LogP contribution in [0.2, 0.25) is 0 Å². The van der Waals surface area contributed by atoms with Crippen LogP contribution in [0.3, 0.4) is 0 Å². The van der Waals surface area contributed by atoms with E-state index >= 15 is 0 Å². The molecule has 250 valence electrons. The van der Waals surface area contributed by atoms with Gasteiger partial charge in [0.2, 0.25) is 0 Å². The predicted octanol–water partition coefficient (Wildman–Crippen LogP) is 11.9. The van der Waals surface area contributed by atoms with Gasteiger partial charge in [0.15, 0.2) is 17.5 Å². The molecule has 0 saturated carbocycles. The number of para-hydroxylation sites is 2. The van der Waals surface area contributed by atoms with Crippen molar-refractivity contribution in [3.8, 4) is 56.4 Å². The van der Waals surface area contributed by atoms with Crippen LogP contribution in [-0.4, -0.2) is 32.4 Å². The van der Waals surface area contributed by atoms with E-state index < -0.39 is 10.0 Å². The molecule has 0 bridgehead atoms. The topological polar surface area (TPSA) is 54.8 Å². The summed E-state index contributed by atoms with van der Waals surface area (Å²) in [6.45, 7) is 0. The van der Waals surface area contributed by atoms with E-state index in [4.69, 9.17) is 19.9 Å². The zero-order valence-corrected chi connectivity index (χ0v) is 29.7. The highest BCUT2D eigenvalue weighted by Crippen LogP contribution is 2.67. The zero-order valence-electron chi connectivity index (χ0n) is 28.9. The summed E-state index contributed by atoms with van der Waals surface area (Å²) in [6, 6.07) is 59.0. The van der Waals surface area contributed by atoms with Gasteiger partial charge in [-0.1, -0.05) is 133 Å². The first-order chi connectivity index (χ1) is 25.5. The predicted molar refractivity (Wildman–Crippen MR) is 215 cm³/mol. The largest absolute Gasteiger partial charge is 0.292 e. The number of fused-ring (bicyclic) bond motifs is 2. The summed E-state index contributed by atoms with van der Waals surface area (Å²) < 4.78 is 0. The normalized spacial score (nSPS) is 13.5. The van der Waals surface area contributed by atoms with E-state index in [9.17, 15) is 0 Å². The minimum absolute atomic E-state index is 0.559. The van der Waals surface area contributed by atoms with Gasteiger partial charge in [-0.25, -0.2) is 19.9 Å². The highest BCUT2D eigenvalue weighted by atomic mass is 32.3. The van der Waals surface area contributed by atoms with Gasteiger partial charge in [0, 0.05) is 32.7 Å². The van der Waals surface area contributed by atoms with Gasteiger partial charge < -0.3 is 0 Å². The Morgan fingerprint density at radius 3 is 1.40 bits per heavy atom. The van der Waals surface area contributed by atoms with Crippen LogP contribution in [0.25, 0.3) is 56.4 Å². The van der Waals surface area contributed by atoms with E-state index in [1.807, 2.05) is 72.9 Å². The van der Waals surface area contributed by atoms with Crippen molar-refractivity contribution >= 4 is 27.2 Å². The van der Waals surface area contributed by atoms with E-state index in [2.05, 4.69) is 121 Å². The molecule has 1 aliphatic rings. The number of nitrogens with zero attached hydrogens (tertiary/aromatic N) is 5. The van der Waals surface area contributed by atoms with Gasteiger partial charge in [-0.3, -0.25) is 4.90 Å². The molecule has 8 aromatic rings. The van der Waals surface area contributed by atoms with Crippen LogP contribution in [0.15, 0.2) is 186 Å². The number of rotatable bonds is 6. The monoisotopic (exact) mass is 689 g/mol. The quantitative estimate of drug-likeness (QED) is 0.174. The molecule has 0 atom stereocenters. The Labute approximate surface area is 305 Å². The lowest BCUT2D eigenvalue weighted by Crippen LogP contribution is -2.21. The molecule has 9 rings (SSSR count). The fourth-order valence-corrected chi connectivity index (χ4v) is 9.46. The smallest absolute Gasteiger partial charge is 0.167 e. The van der Waals surface area contributed by atoms with Crippen molar-refractivity contribution in [3.63, 3.8) is 0 Å². The second-order valence-electron chi connectivity index (χ2n) is 13.2. The third kappa shape index (κ3) is 5.63. The molecule has 0 aliphatic carbocycles. The molecule has 0 N–H and O–H groups in total. The molecule has 0 radical (unpaired) electrons. The van der Waals surface area contributed by atoms with Crippen molar-refractivity contribution in [2.24, 2.45) is 0 Å². The molecular formula is C46H35N5S. The maximum absolute atomic E-state index is 5.34. The highest BCUT2D eigenvalue weighted by Gasteiger charge is 2.35. The number of hydrogen-bond donors (Lipinski definition) is 0. The van der Waals surface area contributed by atoms with Gasteiger partial charge in [0.25, 0.3) is 0 Å². The summed E-state index contributed by atoms with van der Waals surface area (Å²) in [4.78, 5) is 25.7. The lowest BCUT2D eigenvalue weighted by molar-refractivity contribution is 1.06. The molecule has 6 heteroatoms. The molecular weight excluding hydrogens is 655 g/mol. The Bertz CT molecular complexity index is 2450. The van der Waals surface area contributed by atoms with E-state index in [0.29, 0.717) is 17.5 Å². The molecule has 3 heterocycles. The van der Waals surface area contributed by atoms with Crippen LogP contribution in [0, 0.1) is 0 Å². The Balaban J connectivity index is 1.32. The van der Waals surface area contributed by atoms with Crippen molar-refractivity contribution < 1.29 is 0 Å². The minimum atomic E-state index is -1.30.